The van der Waals surface area contributed by atoms with Crippen molar-refractivity contribution in [3.63, 3.8) is 0 Å². The van der Waals surface area contributed by atoms with Crippen LogP contribution in [0.25, 0.3) is 0 Å². The third-order valence-electron chi connectivity index (χ3n) is 4.20. The van der Waals surface area contributed by atoms with Crippen LogP contribution in [0.3, 0.4) is 0 Å². The smallest absolute Gasteiger partial charge is 0.323 e. The predicted molar refractivity (Wildman–Crippen MR) is 76.3 cm³/mol. The normalized spacial score (nSPS) is 27.5. The van der Waals surface area contributed by atoms with Gasteiger partial charge in [0, 0.05) is 0 Å². The highest BCUT2D eigenvalue weighted by atomic mass is 79.9. The van der Waals surface area contributed by atoms with Gasteiger partial charge in [0.25, 0.3) is 0 Å². The zero-order valence-electron chi connectivity index (χ0n) is 11.5. The van der Waals surface area contributed by atoms with Crippen molar-refractivity contribution in [1.29, 1.82) is 0 Å². The Balaban J connectivity index is 2.31. The number of aryl methyl sites for hydroxylation is 1. The molecule has 0 aromatic carbocycles. The van der Waals surface area contributed by atoms with Gasteiger partial charge in [-0.2, -0.15) is 5.10 Å². The molecule has 0 saturated heterocycles. The van der Waals surface area contributed by atoms with E-state index in [1.807, 2.05) is 18.5 Å². The quantitative estimate of drug-likeness (QED) is 0.893. The highest BCUT2D eigenvalue weighted by molar-refractivity contribution is 9.10. The number of halogens is 1. The molecule has 2 atom stereocenters. The zero-order chi connectivity index (χ0) is 14.2. The maximum atomic E-state index is 11.5. The van der Waals surface area contributed by atoms with Gasteiger partial charge in [-0.05, 0) is 62.5 Å². The fraction of sp³-hybridized carbons (Fsp3) is 0.692. The topological polar surface area (TPSA) is 67.2 Å². The summed E-state index contributed by atoms with van der Waals surface area (Å²) in [5, 5.41) is 17.0. The lowest BCUT2D eigenvalue weighted by molar-refractivity contribution is -0.146. The van der Waals surface area contributed by atoms with Crippen LogP contribution in [0.1, 0.15) is 43.1 Å². The molecule has 0 radical (unpaired) electrons. The summed E-state index contributed by atoms with van der Waals surface area (Å²) in [6.45, 7) is 3.97. The molecule has 0 aliphatic heterocycles. The molecular formula is C13H20BrN3O2. The Bertz CT molecular complexity index is 500. The van der Waals surface area contributed by atoms with Gasteiger partial charge in [0.1, 0.15) is 5.54 Å². The van der Waals surface area contributed by atoms with E-state index >= 15 is 0 Å². The molecule has 0 amide bonds. The van der Waals surface area contributed by atoms with Crippen LogP contribution < -0.4 is 5.32 Å². The van der Waals surface area contributed by atoms with Gasteiger partial charge < -0.3 is 10.4 Å². The molecule has 1 aliphatic carbocycles. The molecule has 0 spiro atoms. The van der Waals surface area contributed by atoms with Gasteiger partial charge in [-0.25, -0.2) is 0 Å². The number of nitrogens with one attached hydrogen (secondary N) is 1. The van der Waals surface area contributed by atoms with E-state index in [-0.39, 0.29) is 6.04 Å². The number of carbonyl (C=O) groups is 1. The second-order valence-electron chi connectivity index (χ2n) is 5.32. The number of hydrogen-bond acceptors (Lipinski definition) is 3. The molecule has 1 aliphatic rings. The summed E-state index contributed by atoms with van der Waals surface area (Å²) in [6.07, 6.45) is 3.13. The monoisotopic (exact) mass is 329 g/mol. The van der Waals surface area contributed by atoms with E-state index < -0.39 is 11.5 Å². The first-order chi connectivity index (χ1) is 8.91. The van der Waals surface area contributed by atoms with Crippen molar-refractivity contribution >= 4 is 21.9 Å². The van der Waals surface area contributed by atoms with E-state index in [1.165, 1.54) is 0 Å². The van der Waals surface area contributed by atoms with Crippen LogP contribution in [0.4, 0.5) is 0 Å². The largest absolute Gasteiger partial charge is 0.480 e. The average Bonchev–Trinajstić information content (AvgIpc) is 2.66. The lowest BCUT2D eigenvalue weighted by Crippen LogP contribution is -2.53. The third-order valence-corrected chi connectivity index (χ3v) is 5.34. The number of carboxylic acid groups (broad SMARTS) is 1. The van der Waals surface area contributed by atoms with Crippen LogP contribution in [0.5, 0.6) is 0 Å². The lowest BCUT2D eigenvalue weighted by atomic mass is 9.79. The van der Waals surface area contributed by atoms with Crippen molar-refractivity contribution in [3.8, 4) is 0 Å². The maximum Gasteiger partial charge on any atom is 0.323 e. The molecule has 1 aromatic heterocycles. The summed E-state index contributed by atoms with van der Waals surface area (Å²) in [7, 11) is 1.73. The van der Waals surface area contributed by atoms with Gasteiger partial charge in [0.15, 0.2) is 0 Å². The number of likely N-dealkylation sites (N-methyl/N-ethyl adjacent to an activating group) is 1. The van der Waals surface area contributed by atoms with E-state index in [1.54, 1.807) is 7.05 Å². The third kappa shape index (κ3) is 2.43. The predicted octanol–water partition coefficient (Wildman–Crippen LogP) is 2.42. The second kappa shape index (κ2) is 5.25. The maximum absolute atomic E-state index is 11.5. The highest BCUT2D eigenvalue weighted by Crippen LogP contribution is 2.37. The molecule has 2 unspecified atom stereocenters. The van der Waals surface area contributed by atoms with Crippen molar-refractivity contribution in [1.82, 2.24) is 15.1 Å². The van der Waals surface area contributed by atoms with Crippen LogP contribution >= 0.6 is 15.9 Å². The van der Waals surface area contributed by atoms with Gasteiger partial charge in [0.2, 0.25) is 0 Å². The summed E-state index contributed by atoms with van der Waals surface area (Å²) in [4.78, 5) is 11.5. The molecule has 2 N–H and O–H groups in total. The Morgan fingerprint density at radius 1 is 1.58 bits per heavy atom. The molecule has 106 valence electrons. The number of hydrogen-bond donors (Lipinski definition) is 2. The molecule has 19 heavy (non-hydrogen) atoms. The fourth-order valence-electron chi connectivity index (χ4n) is 2.98. The Kier molecular flexibility index (Phi) is 4.01. The first-order valence-corrected chi connectivity index (χ1v) is 7.34. The SMILES string of the molecule is CNC1(C(=O)O)CCCC(n2nc(C)c(Br)c2C)C1. The Hall–Kier alpha value is -0.880. The van der Waals surface area contributed by atoms with Gasteiger partial charge in [-0.1, -0.05) is 0 Å². The molecule has 1 fully saturated rings. The minimum absolute atomic E-state index is 0.141. The number of rotatable bonds is 3. The van der Waals surface area contributed by atoms with E-state index in [4.69, 9.17) is 0 Å². The summed E-state index contributed by atoms with van der Waals surface area (Å²) < 4.78 is 3.00. The van der Waals surface area contributed by atoms with Crippen molar-refractivity contribution < 1.29 is 9.90 Å². The summed E-state index contributed by atoms with van der Waals surface area (Å²) in [5.74, 6) is -0.764. The average molecular weight is 330 g/mol. The number of carboxylic acids is 1. The minimum Gasteiger partial charge on any atom is -0.480 e. The fourth-order valence-corrected chi connectivity index (χ4v) is 3.24. The number of aromatic nitrogens is 2. The van der Waals surface area contributed by atoms with Gasteiger partial charge in [0.05, 0.1) is 21.9 Å². The first-order valence-electron chi connectivity index (χ1n) is 6.55. The van der Waals surface area contributed by atoms with Gasteiger partial charge >= 0.3 is 5.97 Å². The highest BCUT2D eigenvalue weighted by Gasteiger charge is 2.42. The summed E-state index contributed by atoms with van der Waals surface area (Å²) in [5.41, 5.74) is 1.20. The molecule has 1 aromatic rings. The molecule has 2 rings (SSSR count). The molecule has 1 saturated carbocycles. The molecule has 6 heteroatoms. The van der Waals surface area contributed by atoms with E-state index in [2.05, 4.69) is 26.3 Å². The zero-order valence-corrected chi connectivity index (χ0v) is 13.1. The van der Waals surface area contributed by atoms with Crippen molar-refractivity contribution in [2.75, 3.05) is 7.05 Å². The van der Waals surface area contributed by atoms with Crippen LogP contribution in [0, 0.1) is 13.8 Å². The molecule has 0 bridgehead atoms. The van der Waals surface area contributed by atoms with E-state index in [0.717, 1.165) is 28.7 Å². The Morgan fingerprint density at radius 2 is 2.26 bits per heavy atom. The van der Waals surface area contributed by atoms with Gasteiger partial charge in [-0.3, -0.25) is 9.48 Å². The number of nitrogens with zero attached hydrogens (tertiary/aromatic N) is 2. The minimum atomic E-state index is -0.818. The van der Waals surface area contributed by atoms with Crippen molar-refractivity contribution in [2.45, 2.75) is 51.1 Å². The first kappa shape index (κ1) is 14.5. The Morgan fingerprint density at radius 3 is 2.74 bits per heavy atom. The van der Waals surface area contributed by atoms with Crippen LogP contribution in [0.2, 0.25) is 0 Å². The lowest BCUT2D eigenvalue weighted by Gasteiger charge is -2.37. The van der Waals surface area contributed by atoms with Crippen LogP contribution in [-0.4, -0.2) is 33.4 Å². The van der Waals surface area contributed by atoms with Crippen molar-refractivity contribution in [2.24, 2.45) is 0 Å². The van der Waals surface area contributed by atoms with E-state index in [9.17, 15) is 9.90 Å². The summed E-state index contributed by atoms with van der Waals surface area (Å²) in [6, 6.07) is 0.141. The van der Waals surface area contributed by atoms with Crippen LogP contribution in [-0.2, 0) is 4.79 Å². The molecular weight excluding hydrogens is 310 g/mol. The summed E-state index contributed by atoms with van der Waals surface area (Å²) >= 11 is 3.53. The van der Waals surface area contributed by atoms with E-state index in [0.29, 0.717) is 12.8 Å². The molecule has 1 heterocycles. The van der Waals surface area contributed by atoms with Crippen LogP contribution in [0.15, 0.2) is 4.47 Å². The Labute approximate surface area is 121 Å². The number of aliphatic carboxylic acids is 1. The standard InChI is InChI=1S/C13H20BrN3O2/c1-8-11(14)9(2)17(16-8)10-5-4-6-13(7-10,15-3)12(18)19/h10,15H,4-7H2,1-3H3,(H,18,19). The van der Waals surface area contributed by atoms with Crippen molar-refractivity contribution in [3.05, 3.63) is 15.9 Å². The molecule has 5 nitrogen and oxygen atoms in total. The second-order valence-corrected chi connectivity index (χ2v) is 6.11. The van der Waals surface area contributed by atoms with Gasteiger partial charge in [-0.15, -0.1) is 0 Å².